The van der Waals surface area contributed by atoms with Crippen molar-refractivity contribution in [3.8, 4) is 11.1 Å². The fourth-order valence-electron chi connectivity index (χ4n) is 2.41. The predicted molar refractivity (Wildman–Crippen MR) is 80.7 cm³/mol. The van der Waals surface area contributed by atoms with E-state index in [4.69, 9.17) is 5.73 Å². The maximum atomic E-state index is 10.8. The van der Waals surface area contributed by atoms with Crippen LogP contribution in [-0.2, 0) is 0 Å². The Morgan fingerprint density at radius 1 is 0.789 bits per heavy atom. The molecular formula is C16H18N2O. The molecule has 0 radical (unpaired) electrons. The normalized spacial score (nSPS) is 10.5. The molecule has 2 rings (SSSR count). The highest BCUT2D eigenvalue weighted by Gasteiger charge is 2.09. The first kappa shape index (κ1) is 13.3. The Morgan fingerprint density at radius 3 is 1.53 bits per heavy atom. The third kappa shape index (κ3) is 2.36. The summed E-state index contributed by atoms with van der Waals surface area (Å²) in [7, 11) is 0. The molecule has 0 bridgehead atoms. The van der Waals surface area contributed by atoms with Gasteiger partial charge in [0.2, 0.25) is 0 Å². The van der Waals surface area contributed by atoms with Crippen LogP contribution in [0, 0.1) is 32.6 Å². The molecule has 0 aliphatic heterocycles. The number of hydrogen-bond donors (Lipinski definition) is 1. The molecule has 0 fully saturated rings. The summed E-state index contributed by atoms with van der Waals surface area (Å²) in [5.41, 5.74) is 13.5. The first-order valence-electron chi connectivity index (χ1n) is 6.25. The van der Waals surface area contributed by atoms with Gasteiger partial charge in [-0.15, -0.1) is 4.91 Å². The highest BCUT2D eigenvalue weighted by molar-refractivity contribution is 5.73. The van der Waals surface area contributed by atoms with Crippen LogP contribution in [0.5, 0.6) is 0 Å². The van der Waals surface area contributed by atoms with Crippen LogP contribution in [0.2, 0.25) is 0 Å². The van der Waals surface area contributed by atoms with E-state index >= 15 is 0 Å². The molecule has 2 aromatic carbocycles. The molecule has 0 saturated carbocycles. The molecule has 0 amide bonds. The molecule has 3 nitrogen and oxygen atoms in total. The molecule has 0 unspecified atom stereocenters. The lowest BCUT2D eigenvalue weighted by molar-refractivity contribution is 1.31. The van der Waals surface area contributed by atoms with Gasteiger partial charge in [0.1, 0.15) is 5.69 Å². The van der Waals surface area contributed by atoms with Crippen molar-refractivity contribution in [2.75, 3.05) is 5.73 Å². The maximum absolute atomic E-state index is 10.8. The van der Waals surface area contributed by atoms with Crippen molar-refractivity contribution in [3.63, 3.8) is 0 Å². The van der Waals surface area contributed by atoms with E-state index < -0.39 is 0 Å². The zero-order valence-corrected chi connectivity index (χ0v) is 11.7. The van der Waals surface area contributed by atoms with Crippen molar-refractivity contribution in [3.05, 3.63) is 51.4 Å². The number of anilines is 1. The molecule has 0 aliphatic rings. The third-order valence-corrected chi connectivity index (χ3v) is 3.51. The van der Waals surface area contributed by atoms with Crippen molar-refractivity contribution in [2.45, 2.75) is 27.7 Å². The summed E-state index contributed by atoms with van der Waals surface area (Å²) < 4.78 is 0. The minimum Gasteiger partial charge on any atom is -0.398 e. The largest absolute Gasteiger partial charge is 0.398 e. The molecule has 19 heavy (non-hydrogen) atoms. The van der Waals surface area contributed by atoms with Crippen LogP contribution in [0.3, 0.4) is 0 Å². The van der Waals surface area contributed by atoms with Gasteiger partial charge in [-0.1, -0.05) is 0 Å². The maximum Gasteiger partial charge on any atom is 0.113 e. The molecule has 2 N–H and O–H groups in total. The van der Waals surface area contributed by atoms with Crippen LogP contribution in [0.25, 0.3) is 11.1 Å². The number of nitrogen functional groups attached to an aromatic ring is 1. The standard InChI is InChI=1S/C16H18N2O/c1-9-5-13(6-10(2)15(9)17)14-7-11(3)16(18-19)12(4)8-14/h5-8H,17H2,1-4H3. The quantitative estimate of drug-likeness (QED) is 0.630. The summed E-state index contributed by atoms with van der Waals surface area (Å²) in [4.78, 5) is 10.8. The van der Waals surface area contributed by atoms with Crippen LogP contribution in [0.4, 0.5) is 11.4 Å². The highest BCUT2D eigenvalue weighted by Crippen LogP contribution is 2.32. The topological polar surface area (TPSA) is 55.5 Å². The Labute approximate surface area is 113 Å². The number of aryl methyl sites for hydroxylation is 4. The van der Waals surface area contributed by atoms with Crippen molar-refractivity contribution in [1.82, 2.24) is 0 Å². The van der Waals surface area contributed by atoms with Crippen molar-refractivity contribution in [1.29, 1.82) is 0 Å². The molecular weight excluding hydrogens is 236 g/mol. The zero-order valence-electron chi connectivity index (χ0n) is 11.7. The van der Waals surface area contributed by atoms with E-state index in [0.717, 1.165) is 39.1 Å². The van der Waals surface area contributed by atoms with Gasteiger partial charge in [-0.25, -0.2) is 0 Å². The SMILES string of the molecule is Cc1cc(-c2cc(C)c(N=O)c(C)c2)cc(C)c1N. The summed E-state index contributed by atoms with van der Waals surface area (Å²) in [5, 5.41) is 3.08. The number of nitroso groups, excluding NO2 is 1. The van der Waals surface area contributed by atoms with Gasteiger partial charge in [-0.05, 0) is 90.5 Å². The summed E-state index contributed by atoms with van der Waals surface area (Å²) in [5.74, 6) is 0. The van der Waals surface area contributed by atoms with Crippen LogP contribution in [-0.4, -0.2) is 0 Å². The summed E-state index contributed by atoms with van der Waals surface area (Å²) >= 11 is 0. The van der Waals surface area contributed by atoms with Gasteiger partial charge < -0.3 is 5.73 Å². The average molecular weight is 254 g/mol. The zero-order chi connectivity index (χ0) is 14.2. The molecule has 0 aliphatic carbocycles. The number of nitrogens with zero attached hydrogens (tertiary/aromatic N) is 1. The fourth-order valence-corrected chi connectivity index (χ4v) is 2.41. The molecule has 0 aromatic heterocycles. The van der Waals surface area contributed by atoms with Crippen LogP contribution in [0.15, 0.2) is 29.4 Å². The first-order valence-corrected chi connectivity index (χ1v) is 6.25. The minimum absolute atomic E-state index is 0.535. The van der Waals surface area contributed by atoms with E-state index in [9.17, 15) is 4.91 Å². The highest BCUT2D eigenvalue weighted by atomic mass is 16.3. The Bertz CT molecular complexity index is 614. The van der Waals surface area contributed by atoms with Gasteiger partial charge in [0.05, 0.1) is 0 Å². The third-order valence-electron chi connectivity index (χ3n) is 3.51. The lowest BCUT2D eigenvalue weighted by Crippen LogP contribution is -1.94. The molecule has 0 spiro atoms. The fraction of sp³-hybridized carbons (Fsp3) is 0.250. The molecule has 0 heterocycles. The van der Waals surface area contributed by atoms with E-state index in [1.807, 2.05) is 39.8 Å². The van der Waals surface area contributed by atoms with E-state index in [1.165, 1.54) is 0 Å². The van der Waals surface area contributed by atoms with Gasteiger partial charge in [0.15, 0.2) is 0 Å². The predicted octanol–water partition coefficient (Wildman–Crippen LogP) is 4.57. The van der Waals surface area contributed by atoms with Gasteiger partial charge >= 0.3 is 0 Å². The lowest BCUT2D eigenvalue weighted by atomic mass is 9.95. The molecule has 2 aromatic rings. The minimum atomic E-state index is 0.535. The Hall–Kier alpha value is -2.16. The molecule has 3 heteroatoms. The molecule has 98 valence electrons. The lowest BCUT2D eigenvalue weighted by Gasteiger charge is -2.11. The van der Waals surface area contributed by atoms with E-state index in [0.29, 0.717) is 5.69 Å². The molecule has 0 atom stereocenters. The second-order valence-corrected chi connectivity index (χ2v) is 5.07. The monoisotopic (exact) mass is 254 g/mol. The summed E-state index contributed by atoms with van der Waals surface area (Å²) in [6, 6.07) is 8.14. The Kier molecular flexibility index (Phi) is 3.38. The number of benzene rings is 2. The smallest absolute Gasteiger partial charge is 0.113 e. The van der Waals surface area contributed by atoms with Gasteiger partial charge in [0, 0.05) is 5.69 Å². The van der Waals surface area contributed by atoms with E-state index in [-0.39, 0.29) is 0 Å². The average Bonchev–Trinajstić information content (AvgIpc) is 2.35. The van der Waals surface area contributed by atoms with Crippen LogP contribution >= 0.6 is 0 Å². The van der Waals surface area contributed by atoms with Gasteiger partial charge in [0.25, 0.3) is 0 Å². The molecule has 0 saturated heterocycles. The van der Waals surface area contributed by atoms with Crippen LogP contribution in [0.1, 0.15) is 22.3 Å². The number of nitrogens with two attached hydrogens (primary N) is 1. The van der Waals surface area contributed by atoms with Gasteiger partial charge in [-0.3, -0.25) is 0 Å². The van der Waals surface area contributed by atoms with Gasteiger partial charge in [-0.2, -0.15) is 0 Å². The van der Waals surface area contributed by atoms with E-state index in [1.54, 1.807) is 0 Å². The van der Waals surface area contributed by atoms with Crippen molar-refractivity contribution in [2.24, 2.45) is 5.18 Å². The summed E-state index contributed by atoms with van der Waals surface area (Å²) in [6.07, 6.45) is 0. The number of hydrogen-bond acceptors (Lipinski definition) is 3. The second kappa shape index (κ2) is 4.84. The Morgan fingerprint density at radius 2 is 1.16 bits per heavy atom. The first-order chi connectivity index (χ1) is 8.93. The second-order valence-electron chi connectivity index (χ2n) is 5.07. The van der Waals surface area contributed by atoms with E-state index in [2.05, 4.69) is 17.3 Å². The number of rotatable bonds is 2. The van der Waals surface area contributed by atoms with Crippen LogP contribution < -0.4 is 5.73 Å². The van der Waals surface area contributed by atoms with Crippen molar-refractivity contribution >= 4 is 11.4 Å². The summed E-state index contributed by atoms with van der Waals surface area (Å²) in [6.45, 7) is 7.83. The van der Waals surface area contributed by atoms with Crippen molar-refractivity contribution < 1.29 is 0 Å². The Balaban J connectivity index is 2.63.